The molecule has 0 radical (unpaired) electrons. The zero-order valence-electron chi connectivity index (χ0n) is 27.3. The van der Waals surface area contributed by atoms with Crippen molar-refractivity contribution in [2.45, 2.75) is 201 Å². The summed E-state index contributed by atoms with van der Waals surface area (Å²) in [5, 5.41) is 8.51. The number of carboxylic acids is 1. The Morgan fingerprint density at radius 1 is 0.475 bits per heavy atom. The number of hydrogen-bond acceptors (Lipinski definition) is 3. The van der Waals surface area contributed by atoms with E-state index >= 15 is 0 Å². The van der Waals surface area contributed by atoms with Crippen LogP contribution in [0.4, 0.5) is 0 Å². The van der Waals surface area contributed by atoms with Gasteiger partial charge in [-0.15, -0.1) is 0 Å². The first-order valence-corrected chi connectivity index (χ1v) is 17.6. The number of rotatable bonds is 30. The Hall–Kier alpha value is -1.32. The molecule has 0 aliphatic heterocycles. The number of carbonyl (C=O) groups excluding carboxylic acids is 1. The number of ether oxygens (including phenoxy) is 1. The fourth-order valence-corrected chi connectivity index (χ4v) is 4.87. The highest BCUT2D eigenvalue weighted by Crippen LogP contribution is 2.13. The van der Waals surface area contributed by atoms with E-state index in [9.17, 15) is 9.59 Å². The van der Waals surface area contributed by atoms with Crippen LogP contribution in [0.2, 0.25) is 0 Å². The van der Waals surface area contributed by atoms with E-state index in [2.05, 4.69) is 26.0 Å². The number of allylic oxidation sites excluding steroid dienone is 2. The second-order valence-electron chi connectivity index (χ2n) is 11.5. The molecule has 0 aromatic carbocycles. The van der Waals surface area contributed by atoms with Gasteiger partial charge in [0.2, 0.25) is 0 Å². The highest BCUT2D eigenvalue weighted by atomic mass is 16.5. The van der Waals surface area contributed by atoms with E-state index < -0.39 is 5.97 Å². The quantitative estimate of drug-likeness (QED) is 0.0533. The number of aliphatic carboxylic acids is 1. The summed E-state index contributed by atoms with van der Waals surface area (Å²) >= 11 is 0. The van der Waals surface area contributed by atoms with E-state index in [1.165, 1.54) is 148 Å². The van der Waals surface area contributed by atoms with Crippen LogP contribution in [0.1, 0.15) is 201 Å². The van der Waals surface area contributed by atoms with Crippen LogP contribution >= 0.6 is 0 Å². The summed E-state index contributed by atoms with van der Waals surface area (Å²) in [5.74, 6) is -0.696. The second kappa shape index (κ2) is 37.7. The monoisotopic (exact) mass is 567 g/mol. The first-order chi connectivity index (χ1) is 19.6. The lowest BCUT2D eigenvalue weighted by Crippen LogP contribution is -2.03. The smallest absolute Gasteiger partial charge is 0.305 e. The lowest BCUT2D eigenvalue weighted by molar-refractivity contribution is -0.143. The molecule has 4 nitrogen and oxygen atoms in total. The van der Waals surface area contributed by atoms with Gasteiger partial charge in [0, 0.05) is 12.8 Å². The van der Waals surface area contributed by atoms with Gasteiger partial charge < -0.3 is 9.84 Å². The van der Waals surface area contributed by atoms with Crippen LogP contribution in [0.5, 0.6) is 0 Å². The maximum atomic E-state index is 11.1. The third kappa shape index (κ3) is 41.2. The Kier molecular flexibility index (Phi) is 38.5. The molecular formula is C36H70O4. The number of unbranched alkanes of at least 4 members (excludes halogenated alkanes) is 23. The maximum Gasteiger partial charge on any atom is 0.305 e. The summed E-state index contributed by atoms with van der Waals surface area (Å²) in [6, 6.07) is 0. The van der Waals surface area contributed by atoms with Gasteiger partial charge in [-0.25, -0.2) is 0 Å². The molecule has 0 atom stereocenters. The molecule has 0 heterocycles. The third-order valence-corrected chi connectivity index (χ3v) is 7.44. The maximum absolute atomic E-state index is 11.1. The van der Waals surface area contributed by atoms with Crippen LogP contribution in [0.15, 0.2) is 12.2 Å². The molecule has 0 saturated carbocycles. The van der Waals surface area contributed by atoms with Crippen LogP contribution in [0.3, 0.4) is 0 Å². The number of hydrogen-bond donors (Lipinski definition) is 1. The van der Waals surface area contributed by atoms with E-state index in [-0.39, 0.29) is 5.97 Å². The van der Waals surface area contributed by atoms with Gasteiger partial charge >= 0.3 is 11.9 Å². The minimum atomic E-state index is -0.664. The lowest BCUT2D eigenvalue weighted by Gasteiger charge is -2.03. The van der Waals surface area contributed by atoms with Gasteiger partial charge in [-0.3, -0.25) is 9.59 Å². The van der Waals surface area contributed by atoms with Crippen molar-refractivity contribution in [2.75, 3.05) is 6.61 Å². The number of carbonyl (C=O) groups is 2. The summed E-state index contributed by atoms with van der Waals surface area (Å²) in [6.07, 6.45) is 39.3. The van der Waals surface area contributed by atoms with Crippen LogP contribution in [-0.4, -0.2) is 23.7 Å². The molecule has 0 amide bonds. The molecule has 0 spiro atoms. The van der Waals surface area contributed by atoms with Crippen LogP contribution < -0.4 is 0 Å². The van der Waals surface area contributed by atoms with Crippen molar-refractivity contribution < 1.29 is 19.4 Å². The van der Waals surface area contributed by atoms with E-state index in [0.29, 0.717) is 19.4 Å². The Bertz CT molecular complexity index is 529. The van der Waals surface area contributed by atoms with E-state index in [4.69, 9.17) is 9.84 Å². The molecule has 0 aliphatic rings. The number of carboxylic acid groups (broad SMARTS) is 1. The van der Waals surface area contributed by atoms with E-state index in [1.54, 1.807) is 0 Å². The van der Waals surface area contributed by atoms with Crippen molar-refractivity contribution in [3.63, 3.8) is 0 Å². The zero-order valence-corrected chi connectivity index (χ0v) is 27.3. The molecule has 0 fully saturated rings. The summed E-state index contributed by atoms with van der Waals surface area (Å²) in [5.41, 5.74) is 0. The molecule has 0 bridgehead atoms. The Morgan fingerprint density at radius 3 is 1.15 bits per heavy atom. The van der Waals surface area contributed by atoms with Gasteiger partial charge in [-0.1, -0.05) is 154 Å². The van der Waals surface area contributed by atoms with Crippen LogP contribution in [0, 0.1) is 0 Å². The van der Waals surface area contributed by atoms with Gasteiger partial charge in [-0.2, -0.15) is 0 Å². The topological polar surface area (TPSA) is 63.6 Å². The minimum Gasteiger partial charge on any atom is -0.481 e. The first kappa shape index (κ1) is 40.8. The fourth-order valence-electron chi connectivity index (χ4n) is 4.87. The summed E-state index contributed by atoms with van der Waals surface area (Å²) in [4.78, 5) is 21.4. The van der Waals surface area contributed by atoms with E-state index in [1.807, 2.05) is 6.92 Å². The molecule has 40 heavy (non-hydrogen) atoms. The lowest BCUT2D eigenvalue weighted by atomic mass is 10.0. The predicted octanol–water partition coefficient (Wildman–Crippen LogP) is 12.1. The van der Waals surface area contributed by atoms with Gasteiger partial charge in [0.25, 0.3) is 0 Å². The van der Waals surface area contributed by atoms with Gasteiger partial charge in [0.05, 0.1) is 6.61 Å². The van der Waals surface area contributed by atoms with Crippen molar-refractivity contribution >= 4 is 11.9 Å². The molecule has 0 aliphatic carbocycles. The molecular weight excluding hydrogens is 496 g/mol. The van der Waals surface area contributed by atoms with Gasteiger partial charge in [0.15, 0.2) is 0 Å². The zero-order chi connectivity index (χ0) is 29.8. The predicted molar refractivity (Wildman–Crippen MR) is 174 cm³/mol. The molecule has 0 aromatic rings. The summed E-state index contributed by atoms with van der Waals surface area (Å²) in [6.45, 7) is 6.90. The van der Waals surface area contributed by atoms with Gasteiger partial charge in [-0.05, 0) is 45.4 Å². The summed E-state index contributed by atoms with van der Waals surface area (Å²) in [7, 11) is 0. The molecule has 0 saturated heterocycles. The first-order valence-electron chi connectivity index (χ1n) is 17.6. The molecule has 0 unspecified atom stereocenters. The Labute approximate surface area is 250 Å². The number of esters is 1. The Morgan fingerprint density at radius 2 is 0.800 bits per heavy atom. The van der Waals surface area contributed by atoms with Crippen molar-refractivity contribution in [2.24, 2.45) is 0 Å². The van der Waals surface area contributed by atoms with Crippen molar-refractivity contribution in [3.05, 3.63) is 12.2 Å². The second-order valence-corrected chi connectivity index (χ2v) is 11.5. The largest absolute Gasteiger partial charge is 0.481 e. The fraction of sp³-hybridized carbons (Fsp3) is 0.889. The van der Waals surface area contributed by atoms with E-state index in [0.717, 1.165) is 19.3 Å². The average Bonchev–Trinajstić information content (AvgIpc) is 2.94. The standard InChI is InChI=1S/C18H36O2.C18H34O2/c1-3-5-6-7-8-9-10-11-12-13-14-15-16-17-18(19)20-4-2;1-2-3-4-5-6-7-8-9-10-11-12-13-14-15-16-17-18(19)20/h3-17H2,1-2H3;9-10H,2-8,11-17H2,1H3,(H,19,20). The normalized spacial score (nSPS) is 11.0. The highest BCUT2D eigenvalue weighted by molar-refractivity contribution is 5.69. The Balaban J connectivity index is 0. The molecule has 0 rings (SSSR count). The molecule has 0 aromatic heterocycles. The summed E-state index contributed by atoms with van der Waals surface area (Å²) < 4.78 is 4.91. The molecule has 1 N–H and O–H groups in total. The van der Waals surface area contributed by atoms with Crippen molar-refractivity contribution in [3.8, 4) is 0 Å². The average molecular weight is 567 g/mol. The molecule has 4 heteroatoms. The van der Waals surface area contributed by atoms with Crippen LogP contribution in [0.25, 0.3) is 0 Å². The van der Waals surface area contributed by atoms with Gasteiger partial charge in [0.1, 0.15) is 0 Å². The third-order valence-electron chi connectivity index (χ3n) is 7.44. The SMILES string of the molecule is CCCCCCCCC=CCCCCCCCC(=O)O.CCCCCCCCCCCCCCCC(=O)OCC. The highest BCUT2D eigenvalue weighted by Gasteiger charge is 2.00. The van der Waals surface area contributed by atoms with Crippen molar-refractivity contribution in [1.29, 1.82) is 0 Å². The van der Waals surface area contributed by atoms with Crippen molar-refractivity contribution in [1.82, 2.24) is 0 Å². The minimum absolute atomic E-state index is 0.0319. The van der Waals surface area contributed by atoms with Crippen LogP contribution in [-0.2, 0) is 14.3 Å². The molecule has 238 valence electrons.